The molecule has 0 aliphatic heterocycles. The summed E-state index contributed by atoms with van der Waals surface area (Å²) in [4.78, 5) is 0. The van der Waals surface area contributed by atoms with Gasteiger partial charge in [0.15, 0.2) is 11.6 Å². The summed E-state index contributed by atoms with van der Waals surface area (Å²) in [6.45, 7) is 4.44. The van der Waals surface area contributed by atoms with Crippen LogP contribution in [-0.4, -0.2) is 6.61 Å². The molecule has 3 heteroatoms. The number of benzene rings is 2. The molecule has 0 bridgehead atoms. The Kier molecular flexibility index (Phi) is 8.44. The number of hydrogen-bond donors (Lipinski definition) is 0. The lowest BCUT2D eigenvalue weighted by Gasteiger charge is -2.42. The Morgan fingerprint density at radius 3 is 2.61 bits per heavy atom. The molecule has 0 aromatic heterocycles. The lowest BCUT2D eigenvalue weighted by atomic mass is 9.63. The van der Waals surface area contributed by atoms with Crippen LogP contribution in [0.2, 0.25) is 0 Å². The van der Waals surface area contributed by atoms with Crippen molar-refractivity contribution in [3.05, 3.63) is 53.6 Å². The lowest BCUT2D eigenvalue weighted by molar-refractivity contribution is 0.113. The van der Waals surface area contributed by atoms with Crippen LogP contribution in [0.4, 0.5) is 8.78 Å². The number of allylic oxidation sites excluding steroid dienone is 1. The van der Waals surface area contributed by atoms with Gasteiger partial charge >= 0.3 is 0 Å². The summed E-state index contributed by atoms with van der Waals surface area (Å²) in [6.07, 6.45) is 18.2. The number of rotatable bonds is 9. The molecule has 180 valence electrons. The van der Waals surface area contributed by atoms with Crippen molar-refractivity contribution in [1.82, 2.24) is 0 Å². The number of fused-ring (bicyclic) bond motifs is 2. The quantitative estimate of drug-likeness (QED) is 0.271. The van der Waals surface area contributed by atoms with Crippen LogP contribution in [0.15, 0.2) is 36.4 Å². The predicted octanol–water partition coefficient (Wildman–Crippen LogP) is 9.34. The Balaban J connectivity index is 1.41. The van der Waals surface area contributed by atoms with Gasteiger partial charge in [0, 0.05) is 0 Å². The zero-order valence-electron chi connectivity index (χ0n) is 20.4. The molecule has 2 aromatic rings. The van der Waals surface area contributed by atoms with Gasteiger partial charge in [0.2, 0.25) is 0 Å². The van der Waals surface area contributed by atoms with Crippen LogP contribution in [-0.2, 0) is 0 Å². The topological polar surface area (TPSA) is 9.23 Å². The fourth-order valence-electron chi connectivity index (χ4n) is 6.37. The number of ether oxygens (including phenoxy) is 1. The molecule has 33 heavy (non-hydrogen) atoms. The van der Waals surface area contributed by atoms with Gasteiger partial charge in [-0.3, -0.25) is 0 Å². The van der Waals surface area contributed by atoms with E-state index in [1.807, 2.05) is 19.1 Å². The van der Waals surface area contributed by atoms with Gasteiger partial charge < -0.3 is 4.74 Å². The molecule has 1 nitrogen and oxygen atoms in total. The van der Waals surface area contributed by atoms with Crippen LogP contribution in [0, 0.1) is 29.4 Å². The van der Waals surface area contributed by atoms with Gasteiger partial charge in [-0.2, -0.15) is 0 Å². The van der Waals surface area contributed by atoms with Crippen LogP contribution in [0.5, 0.6) is 5.75 Å². The molecule has 2 saturated carbocycles. The van der Waals surface area contributed by atoms with Gasteiger partial charge in [0.1, 0.15) is 12.4 Å². The van der Waals surface area contributed by atoms with Crippen molar-refractivity contribution >= 4 is 10.8 Å². The smallest absolute Gasteiger partial charge is 0.175 e. The zero-order valence-corrected chi connectivity index (χ0v) is 20.4. The van der Waals surface area contributed by atoms with Crippen molar-refractivity contribution < 1.29 is 13.5 Å². The normalized spacial score (nSPS) is 25.5. The Labute approximate surface area is 198 Å². The molecule has 4 atom stereocenters. The standard InChI is InChI=1S/C30H40F2O/c1-3-5-7-8-9-21-10-11-23-18-24(13-12-22(23)17-21)26-19-25-14-15-28(33-16-6-4-2)30(32)29(25)27(31)20-26/h4,6,14-15,19-24H,3,5,7-13,16-18H2,1-2H3/b6-4+. The fraction of sp³-hybridized carbons (Fsp3) is 0.600. The lowest BCUT2D eigenvalue weighted by Crippen LogP contribution is -2.30. The Bertz CT molecular complexity index is 950. The zero-order chi connectivity index (χ0) is 23.2. The van der Waals surface area contributed by atoms with Crippen molar-refractivity contribution in [3.63, 3.8) is 0 Å². The maximum absolute atomic E-state index is 15.1. The van der Waals surface area contributed by atoms with Gasteiger partial charge in [-0.25, -0.2) is 8.78 Å². The van der Waals surface area contributed by atoms with Crippen molar-refractivity contribution in [1.29, 1.82) is 0 Å². The van der Waals surface area contributed by atoms with Gasteiger partial charge in [-0.1, -0.05) is 69.7 Å². The van der Waals surface area contributed by atoms with E-state index in [1.54, 1.807) is 24.3 Å². The molecule has 4 rings (SSSR count). The second-order valence-electron chi connectivity index (χ2n) is 10.4. The average molecular weight is 455 g/mol. The summed E-state index contributed by atoms with van der Waals surface area (Å²) in [7, 11) is 0. The first-order valence-corrected chi connectivity index (χ1v) is 13.3. The highest BCUT2D eigenvalue weighted by atomic mass is 19.1. The third-order valence-electron chi connectivity index (χ3n) is 8.22. The summed E-state index contributed by atoms with van der Waals surface area (Å²) in [6, 6.07) is 7.03. The predicted molar refractivity (Wildman–Crippen MR) is 134 cm³/mol. The highest BCUT2D eigenvalue weighted by Gasteiger charge is 2.36. The van der Waals surface area contributed by atoms with E-state index in [1.165, 1.54) is 57.8 Å². The number of unbranched alkanes of at least 4 members (excludes halogenated alkanes) is 3. The van der Waals surface area contributed by atoms with Crippen LogP contribution in [0.3, 0.4) is 0 Å². The van der Waals surface area contributed by atoms with Crippen molar-refractivity contribution in [2.45, 2.75) is 90.4 Å². The third-order valence-corrected chi connectivity index (χ3v) is 8.22. The minimum atomic E-state index is -0.595. The van der Waals surface area contributed by atoms with Gasteiger partial charge in [0.25, 0.3) is 0 Å². The van der Waals surface area contributed by atoms with Crippen LogP contribution >= 0.6 is 0 Å². The van der Waals surface area contributed by atoms with Gasteiger partial charge in [-0.15, -0.1) is 0 Å². The molecule has 0 saturated heterocycles. The largest absolute Gasteiger partial charge is 0.486 e. The molecule has 4 unspecified atom stereocenters. The number of halogens is 2. The van der Waals surface area contributed by atoms with Crippen LogP contribution in [0.1, 0.15) is 96.0 Å². The molecule has 0 heterocycles. The second kappa shape index (κ2) is 11.5. The van der Waals surface area contributed by atoms with Crippen molar-refractivity contribution in [3.8, 4) is 5.75 Å². The highest BCUT2D eigenvalue weighted by Crippen LogP contribution is 2.49. The van der Waals surface area contributed by atoms with E-state index in [0.717, 1.165) is 36.2 Å². The first-order chi connectivity index (χ1) is 16.1. The molecule has 2 aromatic carbocycles. The van der Waals surface area contributed by atoms with E-state index in [-0.39, 0.29) is 17.7 Å². The van der Waals surface area contributed by atoms with E-state index < -0.39 is 11.6 Å². The minimum Gasteiger partial charge on any atom is -0.486 e. The molecule has 2 fully saturated rings. The summed E-state index contributed by atoms with van der Waals surface area (Å²) >= 11 is 0. The van der Waals surface area contributed by atoms with Crippen molar-refractivity contribution in [2.24, 2.45) is 17.8 Å². The molecule has 0 N–H and O–H groups in total. The third kappa shape index (κ3) is 5.78. The minimum absolute atomic E-state index is 0.0500. The fourth-order valence-corrected chi connectivity index (χ4v) is 6.37. The molecule has 0 spiro atoms. The van der Waals surface area contributed by atoms with Gasteiger partial charge in [-0.05, 0) is 85.8 Å². The summed E-state index contributed by atoms with van der Waals surface area (Å²) in [5.41, 5.74) is 1.04. The van der Waals surface area contributed by atoms with Crippen molar-refractivity contribution in [2.75, 3.05) is 6.61 Å². The Hall–Kier alpha value is -1.90. The molecule has 0 amide bonds. The van der Waals surface area contributed by atoms with Crippen LogP contribution < -0.4 is 4.74 Å². The summed E-state index contributed by atoms with van der Waals surface area (Å²) < 4.78 is 35.5. The van der Waals surface area contributed by atoms with E-state index >= 15 is 4.39 Å². The average Bonchev–Trinajstić information content (AvgIpc) is 2.82. The first kappa shape index (κ1) is 24.2. The second-order valence-corrected chi connectivity index (χ2v) is 10.4. The van der Waals surface area contributed by atoms with Crippen LogP contribution in [0.25, 0.3) is 10.8 Å². The maximum Gasteiger partial charge on any atom is 0.175 e. The summed E-state index contributed by atoms with van der Waals surface area (Å²) in [5.74, 6) is 1.99. The van der Waals surface area contributed by atoms with E-state index in [9.17, 15) is 4.39 Å². The van der Waals surface area contributed by atoms with Gasteiger partial charge in [0.05, 0.1) is 5.39 Å². The first-order valence-electron chi connectivity index (χ1n) is 13.3. The monoisotopic (exact) mass is 454 g/mol. The molecular weight excluding hydrogens is 414 g/mol. The summed E-state index contributed by atoms with van der Waals surface area (Å²) in [5, 5.41) is 0.688. The molecule has 2 aliphatic carbocycles. The van der Waals surface area contributed by atoms with E-state index in [0.29, 0.717) is 11.3 Å². The van der Waals surface area contributed by atoms with E-state index in [2.05, 4.69) is 6.92 Å². The molecular formula is C30H40F2O. The molecule has 0 radical (unpaired) electrons. The Morgan fingerprint density at radius 2 is 1.79 bits per heavy atom. The highest BCUT2D eigenvalue weighted by molar-refractivity contribution is 5.86. The SMILES string of the molecule is C/C=C/COc1ccc2cc(C3CCC4CC(CCCCCC)CCC4C3)cc(F)c2c1F. The molecule has 2 aliphatic rings. The Morgan fingerprint density at radius 1 is 0.970 bits per heavy atom. The van der Waals surface area contributed by atoms with E-state index in [4.69, 9.17) is 4.74 Å². The maximum atomic E-state index is 15.1. The number of hydrogen-bond acceptors (Lipinski definition) is 1.